The van der Waals surface area contributed by atoms with Crippen LogP contribution in [-0.2, 0) is 0 Å². The molecule has 0 radical (unpaired) electrons. The molecule has 0 aliphatic carbocycles. The summed E-state index contributed by atoms with van der Waals surface area (Å²) in [7, 11) is 0. The summed E-state index contributed by atoms with van der Waals surface area (Å²) >= 11 is 0. The summed E-state index contributed by atoms with van der Waals surface area (Å²) in [5.74, 6) is 0.646. The third-order valence-electron chi connectivity index (χ3n) is 6.95. The largest absolute Gasteiger partial charge is 0.415 e. The van der Waals surface area contributed by atoms with Crippen molar-refractivity contribution >= 4 is 22.3 Å². The van der Waals surface area contributed by atoms with Gasteiger partial charge in [-0.3, -0.25) is 9.78 Å². The molecule has 5 rings (SSSR count). The summed E-state index contributed by atoms with van der Waals surface area (Å²) in [6.07, 6.45) is -3.89. The lowest BCUT2D eigenvalue weighted by molar-refractivity contribution is -0.208. The molecule has 0 spiro atoms. The van der Waals surface area contributed by atoms with Crippen molar-refractivity contribution in [1.82, 2.24) is 19.9 Å². The van der Waals surface area contributed by atoms with Crippen LogP contribution in [0.4, 0.5) is 24.7 Å². The number of piperidine rings is 1. The van der Waals surface area contributed by atoms with E-state index in [-0.39, 0.29) is 11.5 Å². The highest BCUT2D eigenvalue weighted by Gasteiger charge is 2.39. The van der Waals surface area contributed by atoms with Crippen LogP contribution in [0, 0.1) is 6.92 Å². The number of anilines is 2. The van der Waals surface area contributed by atoms with E-state index in [0.29, 0.717) is 48.5 Å². The highest BCUT2D eigenvalue weighted by Crippen LogP contribution is 2.32. The lowest BCUT2D eigenvalue weighted by atomic mass is 9.89. The van der Waals surface area contributed by atoms with Gasteiger partial charge in [-0.05, 0) is 86.1 Å². The van der Waals surface area contributed by atoms with Gasteiger partial charge in [0.05, 0.1) is 16.8 Å². The Hall–Kier alpha value is -3.76. The Morgan fingerprint density at radius 2 is 1.82 bits per heavy atom. The highest BCUT2D eigenvalue weighted by atomic mass is 19.4. The van der Waals surface area contributed by atoms with Gasteiger partial charge in [0.15, 0.2) is 6.10 Å². The molecule has 0 amide bonds. The van der Waals surface area contributed by atoms with Gasteiger partial charge in [-0.15, -0.1) is 0 Å². The second-order valence-electron chi connectivity index (χ2n) is 9.67. The molecule has 38 heavy (non-hydrogen) atoms. The lowest BCUT2D eigenvalue weighted by Crippen LogP contribution is -2.43. The second kappa shape index (κ2) is 10.5. The van der Waals surface area contributed by atoms with Gasteiger partial charge in [-0.2, -0.15) is 13.2 Å². The number of nitrogens with one attached hydrogen (secondary N) is 2. The number of H-pyrrole nitrogens is 1. The van der Waals surface area contributed by atoms with Crippen molar-refractivity contribution < 1.29 is 18.3 Å². The topological polar surface area (TPSA) is 94.1 Å². The Kier molecular flexibility index (Phi) is 7.18. The third kappa shape index (κ3) is 5.71. The molecule has 0 bridgehead atoms. The van der Waals surface area contributed by atoms with E-state index in [2.05, 4.69) is 15.3 Å². The number of pyridine rings is 3. The van der Waals surface area contributed by atoms with Crippen molar-refractivity contribution in [2.24, 2.45) is 0 Å². The van der Waals surface area contributed by atoms with Crippen LogP contribution in [0.5, 0.6) is 0 Å². The predicted molar refractivity (Wildman–Crippen MR) is 141 cm³/mol. The van der Waals surface area contributed by atoms with Crippen molar-refractivity contribution in [1.29, 1.82) is 0 Å². The zero-order valence-corrected chi connectivity index (χ0v) is 20.8. The number of benzene rings is 1. The molecule has 198 valence electrons. The number of aliphatic hydroxyl groups excluding tert-OH is 1. The van der Waals surface area contributed by atoms with E-state index in [1.807, 2.05) is 61.5 Å². The molecule has 1 aromatic carbocycles. The van der Waals surface area contributed by atoms with Crippen molar-refractivity contribution in [3.05, 3.63) is 82.4 Å². The van der Waals surface area contributed by atoms with Crippen LogP contribution in [-0.4, -0.2) is 56.9 Å². The lowest BCUT2D eigenvalue weighted by Gasteiger charge is -2.33. The number of rotatable bonds is 6. The number of hydrogen-bond acceptors (Lipinski definition) is 6. The van der Waals surface area contributed by atoms with Gasteiger partial charge in [-0.25, -0.2) is 4.98 Å². The normalized spacial score (nSPS) is 16.0. The van der Waals surface area contributed by atoms with Gasteiger partial charge in [0, 0.05) is 24.1 Å². The minimum atomic E-state index is -4.60. The number of nitrogens with zero attached hydrogens (tertiary/aromatic N) is 3. The fourth-order valence-corrected chi connectivity index (χ4v) is 4.89. The number of alkyl halides is 3. The Morgan fingerprint density at radius 1 is 1.08 bits per heavy atom. The minimum Gasteiger partial charge on any atom is -0.382 e. The minimum absolute atomic E-state index is 0.223. The van der Waals surface area contributed by atoms with Gasteiger partial charge >= 0.3 is 6.18 Å². The standard InChI is InChI=1S/C28H28F3N5O2/c1-17-3-2-4-22(33-17)23-15-20-9-12-32-27(38)25(20)26(35-23)34-21-7-5-18(6-8-21)19-10-13-36(14-11-19)16-24(37)28(29,30)31/h2-9,12,15,19,24,37H,10-11,13-14,16H2,1H3,(H,32,38)(H,34,35). The summed E-state index contributed by atoms with van der Waals surface area (Å²) in [5.41, 5.74) is 3.82. The van der Waals surface area contributed by atoms with Crippen LogP contribution < -0.4 is 10.9 Å². The molecule has 7 nitrogen and oxygen atoms in total. The number of halogens is 3. The van der Waals surface area contributed by atoms with E-state index in [4.69, 9.17) is 4.98 Å². The van der Waals surface area contributed by atoms with Gasteiger partial charge in [0.25, 0.3) is 5.56 Å². The molecular weight excluding hydrogens is 495 g/mol. The molecule has 4 heterocycles. The maximum atomic E-state index is 12.7. The number of aromatic nitrogens is 3. The summed E-state index contributed by atoms with van der Waals surface area (Å²) in [6, 6.07) is 17.2. The van der Waals surface area contributed by atoms with Crippen molar-refractivity contribution in [3.63, 3.8) is 0 Å². The van der Waals surface area contributed by atoms with E-state index in [1.165, 1.54) is 0 Å². The average molecular weight is 524 g/mol. The van der Waals surface area contributed by atoms with E-state index < -0.39 is 18.8 Å². The van der Waals surface area contributed by atoms with Gasteiger partial charge in [-0.1, -0.05) is 18.2 Å². The van der Waals surface area contributed by atoms with Crippen LogP contribution in [0.1, 0.15) is 30.0 Å². The SMILES string of the molecule is Cc1cccc(-c2cc3cc[nH]c(=O)c3c(Nc3ccc(C4CCN(CC(O)C(F)(F)F)CC4)cc3)n2)n1. The molecule has 4 aromatic rings. The second-order valence-corrected chi connectivity index (χ2v) is 9.67. The molecule has 1 aliphatic heterocycles. The Labute approximate surface area is 217 Å². The van der Waals surface area contributed by atoms with Crippen molar-refractivity contribution in [2.75, 3.05) is 25.0 Å². The molecule has 1 unspecified atom stereocenters. The molecule has 1 saturated heterocycles. The molecule has 0 saturated carbocycles. The Balaban J connectivity index is 1.33. The van der Waals surface area contributed by atoms with Gasteiger partial charge in [0.2, 0.25) is 0 Å². The summed E-state index contributed by atoms with van der Waals surface area (Å²) in [6.45, 7) is 2.51. The number of likely N-dealkylation sites (tertiary alicyclic amines) is 1. The summed E-state index contributed by atoms with van der Waals surface area (Å²) < 4.78 is 38.0. The Bertz CT molecular complexity index is 1480. The van der Waals surface area contributed by atoms with Crippen LogP contribution in [0.25, 0.3) is 22.2 Å². The zero-order valence-electron chi connectivity index (χ0n) is 20.8. The maximum absolute atomic E-state index is 12.7. The maximum Gasteiger partial charge on any atom is 0.415 e. The van der Waals surface area contributed by atoms with Gasteiger partial charge < -0.3 is 20.3 Å². The fraction of sp³-hybridized carbons (Fsp3) is 0.321. The first kappa shape index (κ1) is 25.9. The smallest absolute Gasteiger partial charge is 0.382 e. The molecule has 1 atom stereocenters. The van der Waals surface area contributed by atoms with Gasteiger partial charge in [0.1, 0.15) is 5.82 Å². The predicted octanol–water partition coefficient (Wildman–Crippen LogP) is 5.14. The number of aliphatic hydroxyl groups is 1. The average Bonchev–Trinajstić information content (AvgIpc) is 2.89. The molecule has 1 fully saturated rings. The van der Waals surface area contributed by atoms with E-state index in [9.17, 15) is 23.1 Å². The van der Waals surface area contributed by atoms with Crippen LogP contribution in [0.2, 0.25) is 0 Å². The van der Waals surface area contributed by atoms with Crippen LogP contribution in [0.3, 0.4) is 0 Å². The van der Waals surface area contributed by atoms with E-state index in [1.54, 1.807) is 11.1 Å². The molecule has 3 N–H and O–H groups in total. The molecule has 10 heteroatoms. The number of hydrogen-bond donors (Lipinski definition) is 3. The first-order valence-corrected chi connectivity index (χ1v) is 12.5. The summed E-state index contributed by atoms with van der Waals surface area (Å²) in [4.78, 5) is 26.3. The van der Waals surface area contributed by atoms with Crippen LogP contribution in [0.15, 0.2) is 65.6 Å². The highest BCUT2D eigenvalue weighted by molar-refractivity contribution is 5.94. The number of β-amino-alcohol motifs (C(OH)–C–C–N with tert-alkyl or cyclic N) is 1. The monoisotopic (exact) mass is 523 g/mol. The number of aromatic amines is 1. The first-order valence-electron chi connectivity index (χ1n) is 12.5. The number of fused-ring (bicyclic) bond motifs is 1. The molecule has 1 aliphatic rings. The van der Waals surface area contributed by atoms with E-state index >= 15 is 0 Å². The third-order valence-corrected chi connectivity index (χ3v) is 6.95. The summed E-state index contributed by atoms with van der Waals surface area (Å²) in [5, 5.41) is 13.8. The van der Waals surface area contributed by atoms with Crippen molar-refractivity contribution in [2.45, 2.75) is 38.0 Å². The fourth-order valence-electron chi connectivity index (χ4n) is 4.89. The molecular formula is C28H28F3N5O2. The molecule has 3 aromatic heterocycles. The van der Waals surface area contributed by atoms with E-state index in [0.717, 1.165) is 22.3 Å². The zero-order chi connectivity index (χ0) is 26.9. The Morgan fingerprint density at radius 3 is 2.50 bits per heavy atom. The van der Waals surface area contributed by atoms with Crippen LogP contribution >= 0.6 is 0 Å². The number of aryl methyl sites for hydroxylation is 1. The van der Waals surface area contributed by atoms with Crippen molar-refractivity contribution in [3.8, 4) is 11.4 Å². The quantitative estimate of drug-likeness (QED) is 0.324. The first-order chi connectivity index (χ1) is 18.2.